The molecule has 3 aliphatic rings. The van der Waals surface area contributed by atoms with E-state index < -0.39 is 17.0 Å². The normalized spacial score (nSPS) is 23.5. The Kier molecular flexibility index (Phi) is 4.67. The summed E-state index contributed by atoms with van der Waals surface area (Å²) in [5, 5.41) is 4.02. The summed E-state index contributed by atoms with van der Waals surface area (Å²) in [7, 11) is 0. The maximum atomic E-state index is 13.7. The minimum Gasteiger partial charge on any atom is -0.356 e. The molecule has 0 saturated carbocycles. The molecule has 0 N–H and O–H groups in total. The topological polar surface area (TPSA) is 52.6 Å². The number of fused-ring (bicyclic) bond motifs is 1. The van der Waals surface area contributed by atoms with E-state index >= 15 is 0 Å². The van der Waals surface area contributed by atoms with Crippen molar-refractivity contribution >= 4 is 23.3 Å². The third-order valence-electron chi connectivity index (χ3n) is 6.54. The molecule has 1 aromatic carbocycles. The number of rotatable bonds is 2. The van der Waals surface area contributed by atoms with E-state index in [4.69, 9.17) is 11.6 Å². The summed E-state index contributed by atoms with van der Waals surface area (Å²) in [5.74, 6) is -0.387. The van der Waals surface area contributed by atoms with Crippen LogP contribution in [0.5, 0.6) is 0 Å². The monoisotopic (exact) mass is 433 g/mol. The van der Waals surface area contributed by atoms with Gasteiger partial charge < -0.3 is 4.90 Å². The summed E-state index contributed by atoms with van der Waals surface area (Å²) in [5.41, 5.74) is 0.857. The molecule has 3 aliphatic heterocycles. The van der Waals surface area contributed by atoms with Crippen molar-refractivity contribution in [3.63, 3.8) is 0 Å². The van der Waals surface area contributed by atoms with Crippen LogP contribution < -0.4 is 4.90 Å². The molecule has 0 radical (unpaired) electrons. The Morgan fingerprint density at radius 2 is 1.77 bits per heavy atom. The number of carbonyl (C=O) groups excluding carboxylic acids is 1. The van der Waals surface area contributed by atoms with E-state index in [0.717, 1.165) is 17.6 Å². The molecule has 1 amide bonds. The molecule has 5 rings (SSSR count). The van der Waals surface area contributed by atoms with Crippen LogP contribution in [0.1, 0.15) is 36.6 Å². The van der Waals surface area contributed by atoms with Crippen LogP contribution in [0.2, 0.25) is 5.28 Å². The number of anilines is 1. The summed E-state index contributed by atoms with van der Waals surface area (Å²) >= 11 is 6.00. The first kappa shape index (κ1) is 19.6. The molecular formula is C21H22ClF2N5O. The second-order valence-corrected chi connectivity index (χ2v) is 8.79. The van der Waals surface area contributed by atoms with Crippen molar-refractivity contribution in [2.75, 3.05) is 31.1 Å². The fourth-order valence-electron chi connectivity index (χ4n) is 5.07. The van der Waals surface area contributed by atoms with Crippen molar-refractivity contribution in [2.24, 2.45) is 5.41 Å². The van der Waals surface area contributed by atoms with Gasteiger partial charge in [0.25, 0.3) is 0 Å². The van der Waals surface area contributed by atoms with E-state index in [9.17, 15) is 13.6 Å². The van der Waals surface area contributed by atoms with Crippen molar-refractivity contribution in [1.29, 1.82) is 0 Å². The number of carbonyl (C=O) groups is 1. The van der Waals surface area contributed by atoms with E-state index in [1.54, 1.807) is 5.01 Å². The fourth-order valence-corrected chi connectivity index (χ4v) is 5.29. The molecule has 30 heavy (non-hydrogen) atoms. The molecule has 1 aromatic heterocycles. The second kappa shape index (κ2) is 7.13. The van der Waals surface area contributed by atoms with Crippen molar-refractivity contribution in [1.82, 2.24) is 20.0 Å². The predicted molar refractivity (Wildman–Crippen MR) is 108 cm³/mol. The zero-order chi connectivity index (χ0) is 21.0. The highest BCUT2D eigenvalue weighted by molar-refractivity contribution is 6.28. The molecule has 0 aliphatic carbocycles. The van der Waals surface area contributed by atoms with Gasteiger partial charge in [0, 0.05) is 44.0 Å². The predicted octanol–water partition coefficient (Wildman–Crippen LogP) is 3.51. The Hall–Kier alpha value is -2.32. The first-order valence-electron chi connectivity index (χ1n) is 10.2. The van der Waals surface area contributed by atoms with Gasteiger partial charge in [0.2, 0.25) is 11.2 Å². The molecule has 6 nitrogen and oxygen atoms in total. The van der Waals surface area contributed by atoms with E-state index in [1.807, 2.05) is 13.0 Å². The van der Waals surface area contributed by atoms with Crippen LogP contribution in [0.3, 0.4) is 0 Å². The second-order valence-electron chi connectivity index (χ2n) is 8.45. The SMILES string of the molecule is Cc1cc(N2CCC3(CC2)CN2CC[C@@H](c4cc(F)cc(F)c4)N2C3=O)nc(Cl)n1. The van der Waals surface area contributed by atoms with Gasteiger partial charge in [-0.1, -0.05) is 0 Å². The Morgan fingerprint density at radius 1 is 1.07 bits per heavy atom. The highest BCUT2D eigenvalue weighted by Crippen LogP contribution is 2.47. The molecule has 1 spiro atoms. The average Bonchev–Trinajstić information content (AvgIpc) is 3.19. The van der Waals surface area contributed by atoms with E-state index in [1.165, 1.54) is 12.1 Å². The maximum Gasteiger partial charge on any atom is 0.245 e. The number of piperidine rings is 1. The first-order chi connectivity index (χ1) is 14.3. The Bertz CT molecular complexity index is 970. The van der Waals surface area contributed by atoms with Gasteiger partial charge in [-0.2, -0.15) is 0 Å². The summed E-state index contributed by atoms with van der Waals surface area (Å²) < 4.78 is 27.5. The van der Waals surface area contributed by atoms with Gasteiger partial charge in [-0.15, -0.1) is 0 Å². The highest BCUT2D eigenvalue weighted by atomic mass is 35.5. The quantitative estimate of drug-likeness (QED) is 0.678. The summed E-state index contributed by atoms with van der Waals surface area (Å²) in [6.45, 7) is 4.62. The third-order valence-corrected chi connectivity index (χ3v) is 6.70. The van der Waals surface area contributed by atoms with Crippen LogP contribution in [-0.4, -0.2) is 52.1 Å². The van der Waals surface area contributed by atoms with Gasteiger partial charge in [0.05, 0.1) is 11.5 Å². The van der Waals surface area contributed by atoms with Crippen LogP contribution in [-0.2, 0) is 4.79 Å². The maximum absolute atomic E-state index is 13.7. The zero-order valence-corrected chi connectivity index (χ0v) is 17.4. The van der Waals surface area contributed by atoms with E-state index in [2.05, 4.69) is 19.9 Å². The summed E-state index contributed by atoms with van der Waals surface area (Å²) in [4.78, 5) is 24.1. The average molecular weight is 434 g/mol. The Morgan fingerprint density at radius 3 is 2.43 bits per heavy atom. The van der Waals surface area contributed by atoms with Crippen LogP contribution in [0.25, 0.3) is 0 Å². The number of aromatic nitrogens is 2. The number of halogens is 3. The number of hydrogen-bond acceptors (Lipinski definition) is 5. The third kappa shape index (κ3) is 3.22. The summed E-state index contributed by atoms with van der Waals surface area (Å²) in [6.07, 6.45) is 2.07. The van der Waals surface area contributed by atoms with E-state index in [-0.39, 0.29) is 17.2 Å². The van der Waals surface area contributed by atoms with Gasteiger partial charge >= 0.3 is 0 Å². The van der Waals surface area contributed by atoms with Gasteiger partial charge in [-0.05, 0) is 55.5 Å². The zero-order valence-electron chi connectivity index (χ0n) is 16.6. The van der Waals surface area contributed by atoms with Crippen LogP contribution >= 0.6 is 11.6 Å². The first-order valence-corrected chi connectivity index (χ1v) is 10.5. The van der Waals surface area contributed by atoms with Crippen LogP contribution in [0, 0.1) is 24.0 Å². The van der Waals surface area contributed by atoms with Gasteiger partial charge in [-0.3, -0.25) is 9.80 Å². The molecule has 9 heteroatoms. The van der Waals surface area contributed by atoms with Crippen LogP contribution in [0.15, 0.2) is 24.3 Å². The lowest BCUT2D eigenvalue weighted by Gasteiger charge is -2.38. The number of hydrazine groups is 1. The molecule has 0 unspecified atom stereocenters. The molecule has 3 fully saturated rings. The number of nitrogens with zero attached hydrogens (tertiary/aromatic N) is 5. The van der Waals surface area contributed by atoms with Crippen molar-refractivity contribution in [2.45, 2.75) is 32.2 Å². The lowest BCUT2D eigenvalue weighted by Crippen LogP contribution is -2.46. The number of amides is 1. The van der Waals surface area contributed by atoms with Gasteiger partial charge in [-0.25, -0.2) is 23.8 Å². The molecule has 2 aromatic rings. The molecule has 158 valence electrons. The molecule has 4 heterocycles. The largest absolute Gasteiger partial charge is 0.356 e. The van der Waals surface area contributed by atoms with Crippen molar-refractivity contribution < 1.29 is 13.6 Å². The minimum absolute atomic E-state index is 0.0613. The smallest absolute Gasteiger partial charge is 0.245 e. The summed E-state index contributed by atoms with van der Waals surface area (Å²) in [6, 6.07) is 5.11. The standard InChI is InChI=1S/C21H22ClF2N5O/c1-13-8-18(26-20(22)25-13)27-6-3-21(4-7-27)12-28-5-2-17(29(28)19(21)30)14-9-15(23)11-16(24)10-14/h8-11,17H,2-7,12H2,1H3/t17-/m0/s1. The molecule has 0 bridgehead atoms. The molecule has 1 atom stereocenters. The Balaban J connectivity index is 1.35. The van der Waals surface area contributed by atoms with Crippen LogP contribution in [0.4, 0.5) is 14.6 Å². The van der Waals surface area contributed by atoms with Crippen molar-refractivity contribution in [3.05, 3.63) is 52.4 Å². The lowest BCUT2D eigenvalue weighted by molar-refractivity contribution is -0.143. The number of aryl methyl sites for hydroxylation is 1. The van der Waals surface area contributed by atoms with Gasteiger partial charge in [0.1, 0.15) is 17.5 Å². The molecular weight excluding hydrogens is 412 g/mol. The van der Waals surface area contributed by atoms with E-state index in [0.29, 0.717) is 51.0 Å². The lowest BCUT2D eigenvalue weighted by atomic mass is 9.77. The number of benzene rings is 1. The molecule has 3 saturated heterocycles. The Labute approximate surface area is 178 Å². The fraction of sp³-hybridized carbons (Fsp3) is 0.476. The number of hydrogen-bond donors (Lipinski definition) is 0. The minimum atomic E-state index is -0.614. The van der Waals surface area contributed by atoms with Crippen molar-refractivity contribution in [3.8, 4) is 0 Å². The van der Waals surface area contributed by atoms with Gasteiger partial charge in [0.15, 0.2) is 0 Å². The highest BCUT2D eigenvalue weighted by Gasteiger charge is 2.56.